The molecule has 2 aliphatic rings. The molecule has 1 aromatic rings. The van der Waals surface area contributed by atoms with Crippen LogP contribution in [0.4, 0.5) is 5.69 Å². The average molecular weight is 432 g/mol. The number of anilines is 1. The number of esters is 2. The highest BCUT2D eigenvalue weighted by molar-refractivity contribution is 6.01. The summed E-state index contributed by atoms with van der Waals surface area (Å²) in [5.41, 5.74) is 0.268. The first-order valence-electron chi connectivity index (χ1n) is 10.3. The highest BCUT2D eigenvalue weighted by Gasteiger charge is 2.52. The number of nitrogens with one attached hydrogen (secondary N) is 1. The largest absolute Gasteiger partial charge is 0.550 e. The van der Waals surface area contributed by atoms with Gasteiger partial charge in [0.25, 0.3) is 0 Å². The zero-order chi connectivity index (χ0) is 22.9. The zero-order valence-electron chi connectivity index (χ0n) is 17.9. The molecule has 1 amide bonds. The third-order valence-corrected chi connectivity index (χ3v) is 5.21. The van der Waals surface area contributed by atoms with Gasteiger partial charge in [0.15, 0.2) is 0 Å². The predicted molar refractivity (Wildman–Crippen MR) is 106 cm³/mol. The first kappa shape index (κ1) is 22.7. The maximum absolute atomic E-state index is 12.9. The van der Waals surface area contributed by atoms with Crippen molar-refractivity contribution in [1.82, 2.24) is 0 Å². The van der Waals surface area contributed by atoms with E-state index in [-0.39, 0.29) is 29.0 Å². The number of aliphatic carboxylic acids is 1. The molecule has 168 valence electrons. The highest BCUT2D eigenvalue weighted by atomic mass is 16.5. The summed E-state index contributed by atoms with van der Waals surface area (Å²) in [5, 5.41) is 14.2. The number of rotatable bonds is 7. The van der Waals surface area contributed by atoms with Gasteiger partial charge in [-0.1, -0.05) is 0 Å². The normalized spacial score (nSPS) is 24.3. The number of carbonyl (C=O) groups excluding carboxylic acids is 4. The summed E-state index contributed by atoms with van der Waals surface area (Å²) >= 11 is 0. The maximum atomic E-state index is 12.9. The minimum atomic E-state index is -1.33. The fourth-order valence-electron chi connectivity index (χ4n) is 4.04. The minimum absolute atomic E-state index is 0.0582. The molecule has 1 N–H and O–H groups in total. The monoisotopic (exact) mass is 432 g/mol. The smallest absolute Gasteiger partial charge is 0.338 e. The van der Waals surface area contributed by atoms with Crippen molar-refractivity contribution in [1.29, 1.82) is 0 Å². The first-order chi connectivity index (χ1) is 14.6. The lowest BCUT2D eigenvalue weighted by Gasteiger charge is -2.27. The summed E-state index contributed by atoms with van der Waals surface area (Å²) in [6.07, 6.45) is -0.672. The van der Waals surface area contributed by atoms with Crippen molar-refractivity contribution >= 4 is 29.5 Å². The lowest BCUT2D eigenvalue weighted by molar-refractivity contribution is -0.313. The lowest BCUT2D eigenvalue weighted by Crippen LogP contribution is -2.46. The van der Waals surface area contributed by atoms with Crippen molar-refractivity contribution in [3.05, 3.63) is 29.3 Å². The molecule has 2 heterocycles. The Hall–Kier alpha value is -2.94. The van der Waals surface area contributed by atoms with Gasteiger partial charge in [-0.05, 0) is 58.7 Å². The van der Waals surface area contributed by atoms with Gasteiger partial charge < -0.3 is 29.4 Å². The van der Waals surface area contributed by atoms with Crippen LogP contribution in [0.5, 0.6) is 0 Å². The van der Waals surface area contributed by atoms with Gasteiger partial charge in [0.05, 0.1) is 41.5 Å². The van der Waals surface area contributed by atoms with Crippen LogP contribution < -0.4 is 10.4 Å². The summed E-state index contributed by atoms with van der Waals surface area (Å²) in [6, 6.07) is 4.07. The second kappa shape index (κ2) is 9.05. The Labute approximate surface area is 180 Å². The molecule has 2 bridgehead atoms. The van der Waals surface area contributed by atoms with E-state index in [0.717, 1.165) is 0 Å². The molecule has 1 aromatic carbocycles. The molecule has 31 heavy (non-hydrogen) atoms. The fourth-order valence-corrected chi connectivity index (χ4v) is 4.04. The van der Waals surface area contributed by atoms with Crippen LogP contribution in [0.15, 0.2) is 18.2 Å². The molecular weight excluding hydrogens is 406 g/mol. The van der Waals surface area contributed by atoms with Crippen LogP contribution >= 0.6 is 0 Å². The van der Waals surface area contributed by atoms with Crippen molar-refractivity contribution in [2.75, 3.05) is 5.32 Å². The SMILES string of the molecule is CC(C)OC(=O)c1cc(NC(=O)C2C3CCC(O3)C2C(=O)[O-])cc(C(=O)OC(C)C)c1. The molecule has 2 fully saturated rings. The quantitative estimate of drug-likeness (QED) is 0.638. The number of amides is 1. The number of ether oxygens (including phenoxy) is 3. The number of hydrogen-bond donors (Lipinski definition) is 1. The van der Waals surface area contributed by atoms with Crippen molar-refractivity contribution < 1.29 is 38.5 Å². The van der Waals surface area contributed by atoms with E-state index in [1.165, 1.54) is 18.2 Å². The molecule has 0 spiro atoms. The van der Waals surface area contributed by atoms with Gasteiger partial charge in [-0.15, -0.1) is 0 Å². The van der Waals surface area contributed by atoms with Gasteiger partial charge >= 0.3 is 11.9 Å². The van der Waals surface area contributed by atoms with Crippen molar-refractivity contribution in [2.24, 2.45) is 11.8 Å². The molecule has 3 rings (SSSR count). The van der Waals surface area contributed by atoms with E-state index in [9.17, 15) is 24.3 Å². The predicted octanol–water partition coefficient (Wildman–Crippen LogP) is 1.30. The Balaban J connectivity index is 1.88. The number of benzene rings is 1. The molecule has 2 saturated heterocycles. The number of carboxylic acid groups (broad SMARTS) is 1. The van der Waals surface area contributed by atoms with Gasteiger partial charge in [0.2, 0.25) is 5.91 Å². The third-order valence-electron chi connectivity index (χ3n) is 5.21. The summed E-state index contributed by atoms with van der Waals surface area (Å²) in [7, 11) is 0. The molecule has 0 saturated carbocycles. The number of hydrogen-bond acceptors (Lipinski definition) is 8. The van der Waals surface area contributed by atoms with E-state index in [0.29, 0.717) is 12.8 Å². The van der Waals surface area contributed by atoms with E-state index >= 15 is 0 Å². The summed E-state index contributed by atoms with van der Waals surface area (Å²) in [4.78, 5) is 49.3. The fraction of sp³-hybridized carbons (Fsp3) is 0.545. The highest BCUT2D eigenvalue weighted by Crippen LogP contribution is 2.43. The van der Waals surface area contributed by atoms with Crippen molar-refractivity contribution in [3.8, 4) is 0 Å². The van der Waals surface area contributed by atoms with E-state index in [4.69, 9.17) is 14.2 Å². The van der Waals surface area contributed by atoms with Crippen molar-refractivity contribution in [3.63, 3.8) is 0 Å². The summed E-state index contributed by atoms with van der Waals surface area (Å²) < 4.78 is 16.0. The molecular formula is C22H26NO8-. The van der Waals surface area contributed by atoms with Crippen LogP contribution in [-0.2, 0) is 23.8 Å². The molecule has 0 radical (unpaired) electrons. The van der Waals surface area contributed by atoms with Crippen LogP contribution in [-0.4, -0.2) is 48.2 Å². The third kappa shape index (κ3) is 5.04. The maximum Gasteiger partial charge on any atom is 0.338 e. The van der Waals surface area contributed by atoms with Crippen LogP contribution in [0, 0.1) is 11.8 Å². The molecule has 9 nitrogen and oxygen atoms in total. The molecule has 9 heteroatoms. The van der Waals surface area contributed by atoms with Gasteiger partial charge in [-0.2, -0.15) is 0 Å². The second-order valence-corrected chi connectivity index (χ2v) is 8.36. The Morgan fingerprint density at radius 1 is 0.903 bits per heavy atom. The minimum Gasteiger partial charge on any atom is -0.550 e. The number of carbonyl (C=O) groups is 4. The van der Waals surface area contributed by atoms with Crippen LogP contribution in [0.3, 0.4) is 0 Å². The molecule has 4 atom stereocenters. The Kier molecular flexibility index (Phi) is 6.64. The Bertz CT molecular complexity index is 853. The molecule has 0 aromatic heterocycles. The summed E-state index contributed by atoms with van der Waals surface area (Å²) in [6.45, 7) is 6.75. The molecule has 4 unspecified atom stereocenters. The standard InChI is InChI=1S/C22H27NO8/c1-10(2)29-21(27)12-7-13(22(28)30-11(3)4)9-14(8-12)23-19(24)17-15-5-6-16(31-15)18(17)20(25)26/h7-11,15-18H,5-6H2,1-4H3,(H,23,24)(H,25,26)/p-1. The Morgan fingerprint density at radius 3 is 1.84 bits per heavy atom. The zero-order valence-corrected chi connectivity index (χ0v) is 17.9. The second-order valence-electron chi connectivity index (χ2n) is 8.36. The summed E-state index contributed by atoms with van der Waals surface area (Å²) in [5.74, 6) is -5.19. The molecule has 0 aliphatic carbocycles. The lowest BCUT2D eigenvalue weighted by atomic mass is 9.78. The number of carboxylic acids is 1. The number of fused-ring (bicyclic) bond motifs is 2. The van der Waals surface area contributed by atoms with Gasteiger partial charge in [-0.25, -0.2) is 9.59 Å². The Morgan fingerprint density at radius 2 is 1.39 bits per heavy atom. The van der Waals surface area contributed by atoms with Crippen LogP contribution in [0.1, 0.15) is 61.3 Å². The van der Waals surface area contributed by atoms with E-state index in [1.54, 1.807) is 27.7 Å². The average Bonchev–Trinajstić information content (AvgIpc) is 3.28. The molecule has 2 aliphatic heterocycles. The van der Waals surface area contributed by atoms with Crippen LogP contribution in [0.25, 0.3) is 0 Å². The van der Waals surface area contributed by atoms with Gasteiger partial charge in [0, 0.05) is 17.6 Å². The van der Waals surface area contributed by atoms with Crippen LogP contribution in [0.2, 0.25) is 0 Å². The first-order valence-corrected chi connectivity index (χ1v) is 10.3. The van der Waals surface area contributed by atoms with E-state index in [1.807, 2.05) is 0 Å². The topological polar surface area (TPSA) is 131 Å². The van der Waals surface area contributed by atoms with Gasteiger partial charge in [-0.3, -0.25) is 4.79 Å². The van der Waals surface area contributed by atoms with E-state index < -0.39 is 47.9 Å². The van der Waals surface area contributed by atoms with E-state index in [2.05, 4.69) is 5.32 Å². The van der Waals surface area contributed by atoms with Gasteiger partial charge in [0.1, 0.15) is 0 Å². The van der Waals surface area contributed by atoms with Crippen molar-refractivity contribution in [2.45, 2.75) is 65.0 Å².